The summed E-state index contributed by atoms with van der Waals surface area (Å²) in [5.41, 5.74) is 0.430. The summed E-state index contributed by atoms with van der Waals surface area (Å²) in [4.78, 5) is 15.9. The third-order valence-corrected chi connectivity index (χ3v) is 7.49. The first-order chi connectivity index (χ1) is 9.98. The van der Waals surface area contributed by atoms with Crippen LogP contribution < -0.4 is 4.87 Å². The van der Waals surface area contributed by atoms with Crippen LogP contribution in [0.4, 0.5) is 0 Å². The summed E-state index contributed by atoms with van der Waals surface area (Å²) in [5, 5.41) is 0. The topological polar surface area (TPSA) is 82.7 Å². The zero-order valence-corrected chi connectivity index (χ0v) is 13.5. The molecule has 2 aliphatic rings. The van der Waals surface area contributed by atoms with Crippen molar-refractivity contribution in [2.75, 3.05) is 39.4 Å². The number of aromatic amines is 1. The number of hydrogen-bond donors (Lipinski definition) is 1. The average molecular weight is 333 g/mol. The third-order valence-electron chi connectivity index (χ3n) is 4.04. The Kier molecular flexibility index (Phi) is 4.19. The largest absolute Gasteiger partial charge is 0.379 e. The van der Waals surface area contributed by atoms with Gasteiger partial charge in [-0.15, -0.1) is 0 Å². The number of hydrogen-bond acceptors (Lipinski definition) is 6. The Morgan fingerprint density at radius 3 is 2.62 bits per heavy atom. The van der Waals surface area contributed by atoms with Gasteiger partial charge in [-0.25, -0.2) is 8.42 Å². The molecule has 9 heteroatoms. The van der Waals surface area contributed by atoms with Crippen LogP contribution in [0.1, 0.15) is 12.1 Å². The fourth-order valence-corrected chi connectivity index (χ4v) is 5.85. The number of rotatable bonds is 3. The van der Waals surface area contributed by atoms with Crippen molar-refractivity contribution in [1.82, 2.24) is 14.2 Å². The second-order valence-corrected chi connectivity index (χ2v) is 8.50. The van der Waals surface area contributed by atoms with Crippen LogP contribution in [0.5, 0.6) is 0 Å². The van der Waals surface area contributed by atoms with Crippen molar-refractivity contribution in [3.8, 4) is 0 Å². The summed E-state index contributed by atoms with van der Waals surface area (Å²) in [7, 11) is -3.56. The second kappa shape index (κ2) is 5.81. The summed E-state index contributed by atoms with van der Waals surface area (Å²) in [6.45, 7) is 5.76. The van der Waals surface area contributed by atoms with E-state index in [1.807, 2.05) is 0 Å². The molecule has 2 fully saturated rings. The van der Waals surface area contributed by atoms with E-state index in [2.05, 4.69) is 9.88 Å². The van der Waals surface area contributed by atoms with Crippen molar-refractivity contribution in [2.45, 2.75) is 23.6 Å². The maximum absolute atomic E-state index is 12.6. The molecule has 1 aromatic heterocycles. The van der Waals surface area contributed by atoms with Gasteiger partial charge in [0.1, 0.15) is 0 Å². The Bertz CT molecular complexity index is 660. The average Bonchev–Trinajstić information content (AvgIpc) is 3.07. The van der Waals surface area contributed by atoms with Gasteiger partial charge in [0.25, 0.3) is 10.0 Å². The molecule has 0 spiro atoms. The molecule has 1 atom stereocenters. The van der Waals surface area contributed by atoms with Crippen molar-refractivity contribution in [2.24, 2.45) is 0 Å². The molecule has 1 N–H and O–H groups in total. The van der Waals surface area contributed by atoms with Crippen LogP contribution in [-0.2, 0) is 14.8 Å². The minimum atomic E-state index is -3.56. The number of H-pyrrole nitrogens is 1. The molecule has 118 valence electrons. The van der Waals surface area contributed by atoms with Crippen molar-refractivity contribution in [3.05, 3.63) is 15.4 Å². The number of aryl methyl sites for hydroxylation is 1. The second-order valence-electron chi connectivity index (χ2n) is 5.38. The maximum atomic E-state index is 12.6. The SMILES string of the molecule is Cc1[nH]c(=O)sc1S(=O)(=O)N1CCC(N2CCOCC2)C1. The molecule has 0 saturated carbocycles. The minimum absolute atomic E-state index is 0.148. The Hall–Kier alpha value is -0.740. The molecule has 2 aliphatic heterocycles. The van der Waals surface area contributed by atoms with Crippen molar-refractivity contribution in [3.63, 3.8) is 0 Å². The van der Waals surface area contributed by atoms with E-state index in [4.69, 9.17) is 4.74 Å². The molecule has 0 amide bonds. The Morgan fingerprint density at radius 2 is 2.00 bits per heavy atom. The van der Waals surface area contributed by atoms with E-state index in [1.54, 1.807) is 6.92 Å². The fourth-order valence-electron chi connectivity index (χ4n) is 2.92. The van der Waals surface area contributed by atoms with Crippen molar-refractivity contribution < 1.29 is 13.2 Å². The molecule has 0 bridgehead atoms. The lowest BCUT2D eigenvalue weighted by Gasteiger charge is -2.32. The molecule has 1 unspecified atom stereocenters. The van der Waals surface area contributed by atoms with Gasteiger partial charge >= 0.3 is 4.87 Å². The van der Waals surface area contributed by atoms with Crippen LogP contribution in [0, 0.1) is 6.92 Å². The number of sulfonamides is 1. The van der Waals surface area contributed by atoms with Gasteiger partial charge in [0.05, 0.1) is 13.2 Å². The summed E-state index contributed by atoms with van der Waals surface area (Å²) >= 11 is 0.771. The summed E-state index contributed by atoms with van der Waals surface area (Å²) in [5.74, 6) is 0. The van der Waals surface area contributed by atoms with Gasteiger partial charge in [-0.05, 0) is 13.3 Å². The predicted molar refractivity (Wildman–Crippen MR) is 79.2 cm³/mol. The van der Waals surface area contributed by atoms with Crippen LogP contribution in [0.15, 0.2) is 9.00 Å². The number of aromatic nitrogens is 1. The molecule has 1 aromatic rings. The number of morpholine rings is 1. The van der Waals surface area contributed by atoms with E-state index >= 15 is 0 Å². The van der Waals surface area contributed by atoms with E-state index in [0.29, 0.717) is 32.0 Å². The highest BCUT2D eigenvalue weighted by molar-refractivity contribution is 7.91. The maximum Gasteiger partial charge on any atom is 0.305 e. The molecule has 21 heavy (non-hydrogen) atoms. The molecule has 7 nitrogen and oxygen atoms in total. The van der Waals surface area contributed by atoms with Gasteiger partial charge in [0, 0.05) is 37.9 Å². The van der Waals surface area contributed by atoms with Gasteiger partial charge in [-0.3, -0.25) is 9.69 Å². The highest BCUT2D eigenvalue weighted by Crippen LogP contribution is 2.26. The summed E-state index contributed by atoms with van der Waals surface area (Å²) < 4.78 is 32.2. The van der Waals surface area contributed by atoms with Gasteiger partial charge in [0.2, 0.25) is 0 Å². The zero-order valence-electron chi connectivity index (χ0n) is 11.9. The molecular formula is C12H19N3O4S2. The van der Waals surface area contributed by atoms with Gasteiger partial charge < -0.3 is 9.72 Å². The van der Waals surface area contributed by atoms with E-state index in [0.717, 1.165) is 30.8 Å². The Balaban J connectivity index is 1.76. The first-order valence-electron chi connectivity index (χ1n) is 7.00. The normalized spacial score (nSPS) is 25.5. The van der Waals surface area contributed by atoms with Gasteiger partial charge in [0.15, 0.2) is 4.21 Å². The van der Waals surface area contributed by atoms with Gasteiger partial charge in [-0.2, -0.15) is 4.31 Å². The molecule has 0 aromatic carbocycles. The fraction of sp³-hybridized carbons (Fsp3) is 0.750. The third kappa shape index (κ3) is 2.93. The zero-order chi connectivity index (χ0) is 15.0. The molecule has 3 heterocycles. The molecule has 0 radical (unpaired) electrons. The van der Waals surface area contributed by atoms with E-state index in [-0.39, 0.29) is 15.1 Å². The highest BCUT2D eigenvalue weighted by Gasteiger charge is 2.37. The van der Waals surface area contributed by atoms with Crippen molar-refractivity contribution >= 4 is 21.4 Å². The number of nitrogens with one attached hydrogen (secondary N) is 1. The molecule has 3 rings (SSSR count). The van der Waals surface area contributed by atoms with Crippen LogP contribution in [0.3, 0.4) is 0 Å². The highest BCUT2D eigenvalue weighted by atomic mass is 32.2. The van der Waals surface area contributed by atoms with Crippen LogP contribution in [0.2, 0.25) is 0 Å². The number of nitrogens with zero attached hydrogens (tertiary/aromatic N) is 2. The monoisotopic (exact) mass is 333 g/mol. The smallest absolute Gasteiger partial charge is 0.305 e. The molecule has 2 saturated heterocycles. The first kappa shape index (κ1) is 15.2. The lowest BCUT2D eigenvalue weighted by Crippen LogP contribution is -2.45. The quantitative estimate of drug-likeness (QED) is 0.831. The Morgan fingerprint density at radius 1 is 1.29 bits per heavy atom. The van der Waals surface area contributed by atoms with Crippen LogP contribution in [-0.4, -0.2) is 68.0 Å². The summed E-state index contributed by atoms with van der Waals surface area (Å²) in [6, 6.07) is 0.250. The number of ether oxygens (including phenoxy) is 1. The number of thiazole rings is 1. The molecule has 0 aliphatic carbocycles. The van der Waals surface area contributed by atoms with E-state index < -0.39 is 10.0 Å². The van der Waals surface area contributed by atoms with Gasteiger partial charge in [-0.1, -0.05) is 11.3 Å². The lowest BCUT2D eigenvalue weighted by atomic mass is 10.2. The summed E-state index contributed by atoms with van der Waals surface area (Å²) in [6.07, 6.45) is 0.831. The van der Waals surface area contributed by atoms with E-state index in [1.165, 1.54) is 4.31 Å². The predicted octanol–water partition coefficient (Wildman–Crippen LogP) is -0.160. The first-order valence-corrected chi connectivity index (χ1v) is 9.26. The Labute approximate surface area is 127 Å². The van der Waals surface area contributed by atoms with Crippen LogP contribution in [0.25, 0.3) is 0 Å². The van der Waals surface area contributed by atoms with E-state index in [9.17, 15) is 13.2 Å². The standard InChI is InChI=1S/C12H19N3O4S2/c1-9-11(20-12(16)13-9)21(17,18)15-3-2-10(8-15)14-4-6-19-7-5-14/h10H,2-8H2,1H3,(H,13,16). The minimum Gasteiger partial charge on any atom is -0.379 e. The molecular weight excluding hydrogens is 314 g/mol. The van der Waals surface area contributed by atoms with Crippen LogP contribution >= 0.6 is 11.3 Å². The lowest BCUT2D eigenvalue weighted by molar-refractivity contribution is 0.0197. The van der Waals surface area contributed by atoms with Crippen molar-refractivity contribution in [1.29, 1.82) is 0 Å².